The van der Waals surface area contributed by atoms with Crippen molar-refractivity contribution in [1.29, 1.82) is 0 Å². The number of hydrogen-bond donors (Lipinski definition) is 2. The average molecular weight is 272 g/mol. The number of sulfonamides is 1. The van der Waals surface area contributed by atoms with Crippen molar-refractivity contribution >= 4 is 15.7 Å². The zero-order valence-electron chi connectivity index (χ0n) is 11.1. The molecular weight excluding hydrogens is 252 g/mol. The second kappa shape index (κ2) is 5.26. The molecular formula is C12H20N2O3S. The molecule has 0 fully saturated rings. The van der Waals surface area contributed by atoms with Crippen LogP contribution in [0.3, 0.4) is 0 Å². The van der Waals surface area contributed by atoms with Gasteiger partial charge in [0.1, 0.15) is 0 Å². The molecule has 0 saturated carbocycles. The van der Waals surface area contributed by atoms with Gasteiger partial charge in [-0.3, -0.25) is 0 Å². The van der Waals surface area contributed by atoms with E-state index < -0.39 is 15.6 Å². The van der Waals surface area contributed by atoms with Crippen molar-refractivity contribution in [1.82, 2.24) is 4.31 Å². The van der Waals surface area contributed by atoms with Crippen molar-refractivity contribution < 1.29 is 13.5 Å². The first kappa shape index (κ1) is 14.9. The van der Waals surface area contributed by atoms with Crippen LogP contribution in [0.25, 0.3) is 0 Å². The molecule has 0 saturated heterocycles. The fourth-order valence-corrected chi connectivity index (χ4v) is 2.88. The molecule has 0 aliphatic carbocycles. The van der Waals surface area contributed by atoms with Gasteiger partial charge in [0.25, 0.3) is 0 Å². The molecule has 5 nitrogen and oxygen atoms in total. The summed E-state index contributed by atoms with van der Waals surface area (Å²) in [7, 11) is -0.350. The highest BCUT2D eigenvalue weighted by molar-refractivity contribution is 7.89. The summed E-state index contributed by atoms with van der Waals surface area (Å²) in [6.07, 6.45) is 0. The van der Waals surface area contributed by atoms with Crippen molar-refractivity contribution in [2.24, 2.45) is 0 Å². The quantitative estimate of drug-likeness (QED) is 0.843. The van der Waals surface area contributed by atoms with Gasteiger partial charge in [-0.05, 0) is 38.1 Å². The summed E-state index contributed by atoms with van der Waals surface area (Å²) in [6.45, 7) is 3.11. The topological polar surface area (TPSA) is 69.6 Å². The zero-order valence-corrected chi connectivity index (χ0v) is 12.0. The van der Waals surface area contributed by atoms with Gasteiger partial charge in [0.15, 0.2) is 0 Å². The molecule has 2 N–H and O–H groups in total. The minimum atomic E-state index is -3.59. The summed E-state index contributed by atoms with van der Waals surface area (Å²) in [6, 6.07) is 6.50. The molecule has 1 aromatic carbocycles. The van der Waals surface area contributed by atoms with Crippen LogP contribution in [0.2, 0.25) is 0 Å². The fraction of sp³-hybridized carbons (Fsp3) is 0.500. The molecule has 0 unspecified atom stereocenters. The van der Waals surface area contributed by atoms with Crippen molar-refractivity contribution in [3.05, 3.63) is 24.3 Å². The average Bonchev–Trinajstić information content (AvgIpc) is 2.37. The molecule has 6 heteroatoms. The Morgan fingerprint density at radius 3 is 2.17 bits per heavy atom. The Morgan fingerprint density at radius 1 is 1.28 bits per heavy atom. The molecule has 0 aliphatic rings. The summed E-state index contributed by atoms with van der Waals surface area (Å²) in [4.78, 5) is 0.213. The lowest BCUT2D eigenvalue weighted by Crippen LogP contribution is -2.47. The maximum absolute atomic E-state index is 12.3. The highest BCUT2D eigenvalue weighted by Gasteiger charge is 2.33. The molecule has 0 bridgehead atoms. The first-order valence-electron chi connectivity index (χ1n) is 5.63. The van der Waals surface area contributed by atoms with Crippen LogP contribution in [0.5, 0.6) is 0 Å². The van der Waals surface area contributed by atoms with Crippen LogP contribution < -0.4 is 5.32 Å². The van der Waals surface area contributed by atoms with Crippen LogP contribution in [0.1, 0.15) is 13.8 Å². The van der Waals surface area contributed by atoms with Crippen LogP contribution in [-0.4, -0.2) is 44.1 Å². The van der Waals surface area contributed by atoms with Crippen molar-refractivity contribution in [3.8, 4) is 0 Å². The van der Waals surface area contributed by atoms with Crippen LogP contribution in [0, 0.1) is 0 Å². The number of anilines is 1. The van der Waals surface area contributed by atoms with E-state index in [0.717, 1.165) is 5.69 Å². The zero-order chi connectivity index (χ0) is 14.0. The van der Waals surface area contributed by atoms with Gasteiger partial charge >= 0.3 is 0 Å². The van der Waals surface area contributed by atoms with E-state index in [1.165, 1.54) is 11.4 Å². The lowest BCUT2D eigenvalue weighted by molar-refractivity contribution is 0.138. The number of likely N-dealkylation sites (N-methyl/N-ethyl adjacent to an activating group) is 1. The predicted molar refractivity (Wildman–Crippen MR) is 72.1 cm³/mol. The molecule has 1 rings (SSSR count). The minimum absolute atomic E-state index is 0.213. The molecule has 0 aliphatic heterocycles. The maximum Gasteiger partial charge on any atom is 0.243 e. The Kier molecular flexibility index (Phi) is 4.37. The third kappa shape index (κ3) is 2.82. The van der Waals surface area contributed by atoms with E-state index in [4.69, 9.17) is 0 Å². The Hall–Kier alpha value is -1.11. The van der Waals surface area contributed by atoms with E-state index in [0.29, 0.717) is 0 Å². The molecule has 0 atom stereocenters. The largest absolute Gasteiger partial charge is 0.394 e. The van der Waals surface area contributed by atoms with Gasteiger partial charge in [-0.15, -0.1) is 0 Å². The Labute approximate surface area is 108 Å². The number of hydrogen-bond acceptors (Lipinski definition) is 4. The summed E-state index contributed by atoms with van der Waals surface area (Å²) >= 11 is 0. The predicted octanol–water partition coefficient (Wildman–Crippen LogP) is 1.12. The second-order valence-corrected chi connectivity index (χ2v) is 6.69. The summed E-state index contributed by atoms with van der Waals surface area (Å²) in [5.41, 5.74) is 0.0126. The maximum atomic E-state index is 12.3. The Morgan fingerprint density at radius 2 is 1.78 bits per heavy atom. The number of aliphatic hydroxyl groups excluding tert-OH is 1. The van der Waals surface area contributed by atoms with Gasteiger partial charge in [-0.1, -0.05) is 0 Å². The lowest BCUT2D eigenvalue weighted by Gasteiger charge is -2.32. The van der Waals surface area contributed by atoms with Crippen LogP contribution in [0.4, 0.5) is 5.69 Å². The molecule has 0 spiro atoms. The van der Waals surface area contributed by atoms with Gasteiger partial charge in [0, 0.05) is 19.8 Å². The molecule has 102 valence electrons. The molecule has 0 aromatic heterocycles. The number of rotatable bonds is 5. The lowest BCUT2D eigenvalue weighted by atomic mass is 10.1. The number of aliphatic hydroxyl groups is 1. The third-order valence-corrected chi connectivity index (χ3v) is 5.12. The monoisotopic (exact) mass is 272 g/mol. The van der Waals surface area contributed by atoms with Gasteiger partial charge in [0.05, 0.1) is 17.0 Å². The van der Waals surface area contributed by atoms with Crippen molar-refractivity contribution in [2.75, 3.05) is 26.0 Å². The van der Waals surface area contributed by atoms with E-state index >= 15 is 0 Å². The summed E-state index contributed by atoms with van der Waals surface area (Å²) < 4.78 is 25.9. The summed E-state index contributed by atoms with van der Waals surface area (Å²) in [5, 5.41) is 12.2. The highest BCUT2D eigenvalue weighted by atomic mass is 32.2. The first-order valence-corrected chi connectivity index (χ1v) is 7.07. The number of nitrogens with zero attached hydrogens (tertiary/aromatic N) is 1. The van der Waals surface area contributed by atoms with E-state index in [2.05, 4.69) is 5.32 Å². The molecule has 0 radical (unpaired) electrons. The SMILES string of the molecule is CNc1ccc(S(=O)(=O)N(C)C(C)(C)CO)cc1. The standard InChI is InChI=1S/C12H20N2O3S/c1-12(2,9-15)14(4)18(16,17)11-7-5-10(13-3)6-8-11/h5-8,13,15H,9H2,1-4H3. The minimum Gasteiger partial charge on any atom is -0.394 e. The molecule has 18 heavy (non-hydrogen) atoms. The van der Waals surface area contributed by atoms with Gasteiger partial charge in [-0.25, -0.2) is 8.42 Å². The molecule has 0 amide bonds. The van der Waals surface area contributed by atoms with Gasteiger partial charge in [0.2, 0.25) is 10.0 Å². The Balaban J connectivity index is 3.13. The highest BCUT2D eigenvalue weighted by Crippen LogP contribution is 2.23. The molecule has 1 aromatic rings. The van der Waals surface area contributed by atoms with Gasteiger partial charge in [-0.2, -0.15) is 4.31 Å². The molecule has 0 heterocycles. The first-order chi connectivity index (χ1) is 8.25. The van der Waals surface area contributed by atoms with E-state index in [-0.39, 0.29) is 11.5 Å². The number of nitrogens with one attached hydrogen (secondary N) is 1. The van der Waals surface area contributed by atoms with E-state index in [1.54, 1.807) is 45.2 Å². The smallest absolute Gasteiger partial charge is 0.243 e. The van der Waals surface area contributed by atoms with E-state index in [9.17, 15) is 13.5 Å². The van der Waals surface area contributed by atoms with Gasteiger partial charge < -0.3 is 10.4 Å². The number of benzene rings is 1. The van der Waals surface area contributed by atoms with Crippen LogP contribution in [0.15, 0.2) is 29.2 Å². The fourth-order valence-electron chi connectivity index (χ4n) is 1.38. The van der Waals surface area contributed by atoms with E-state index in [1.807, 2.05) is 0 Å². The Bertz CT molecular complexity index is 495. The van der Waals surface area contributed by atoms with Crippen molar-refractivity contribution in [3.63, 3.8) is 0 Å². The van der Waals surface area contributed by atoms with Crippen LogP contribution >= 0.6 is 0 Å². The summed E-state index contributed by atoms with van der Waals surface area (Å²) in [5.74, 6) is 0. The third-order valence-electron chi connectivity index (χ3n) is 3.04. The normalized spacial score (nSPS) is 12.8. The van der Waals surface area contributed by atoms with Crippen molar-refractivity contribution in [2.45, 2.75) is 24.3 Å². The van der Waals surface area contributed by atoms with Crippen LogP contribution in [-0.2, 0) is 10.0 Å². The second-order valence-electron chi connectivity index (χ2n) is 4.72.